The smallest absolute Gasteiger partial charge is 0.672 e. The quantitative estimate of drug-likeness (QED) is 0.439. The Morgan fingerprint density at radius 2 is 1.40 bits per heavy atom. The molecule has 0 spiro atoms. The molecule has 3 nitrogen and oxygen atoms in total. The van der Waals surface area contributed by atoms with Crippen LogP contribution in [0.25, 0.3) is 0 Å². The Morgan fingerprint density at radius 1 is 1.40 bits per heavy atom. The monoisotopic (exact) mass is 284 g/mol. The molecular weight excluding hydrogens is 283 g/mol. The summed E-state index contributed by atoms with van der Waals surface area (Å²) in [7, 11) is -3.63. The third-order valence-corrected chi connectivity index (χ3v) is 0. The third kappa shape index (κ3) is 101. The van der Waals surface area contributed by atoms with E-state index in [1.54, 1.807) is 0 Å². The van der Waals surface area contributed by atoms with Gasteiger partial charge >= 0.3 is 27.3 Å². The maximum atomic E-state index is 8.52. The number of rotatable bonds is 0. The van der Waals surface area contributed by atoms with Crippen LogP contribution in [0.3, 0.4) is 0 Å². The van der Waals surface area contributed by atoms with Gasteiger partial charge in [-0.1, -0.05) is 0 Å². The third-order valence-electron chi connectivity index (χ3n) is 0. The van der Waals surface area contributed by atoms with Crippen LogP contribution >= 0.6 is 0 Å². The molecule has 0 aliphatic rings. The van der Waals surface area contributed by atoms with Gasteiger partial charge in [0.2, 0.25) is 0 Å². The van der Waals surface area contributed by atoms with Crippen molar-refractivity contribution in [2.75, 3.05) is 0 Å². The van der Waals surface area contributed by atoms with Crippen LogP contribution in [0.15, 0.2) is 0 Å². The van der Waals surface area contributed by atoms with Gasteiger partial charge in [0, 0.05) is 9.17 Å². The number of hydrogen-bond acceptors (Lipinski definition) is 3. The molecule has 0 atom stereocenters. The first-order valence-electron chi connectivity index (χ1n) is 0.612. The maximum Gasteiger partial charge on any atom is 2.00 e. The molecule has 0 rings (SSSR count). The predicted octanol–water partition coefficient (Wildman–Crippen LogP) is -3.26. The van der Waals surface area contributed by atoms with E-state index in [9.17, 15) is 0 Å². The van der Waals surface area contributed by atoms with Crippen molar-refractivity contribution in [3.63, 3.8) is 0 Å². The summed E-state index contributed by atoms with van der Waals surface area (Å²) < 4.78 is 8.52. The minimum atomic E-state index is -3.63. The largest absolute Gasteiger partial charge is 2.00 e. The van der Waals surface area contributed by atoms with E-state index in [4.69, 9.17) is 14.1 Å². The Balaban J connectivity index is 0. The first-order valence-corrected chi connectivity index (χ1v) is 1.84. The standard InChI is InChI=1S/O3Si.Pb/c1-4(2)3;/q-2;+2. The molecule has 0 bridgehead atoms. The van der Waals surface area contributed by atoms with Gasteiger partial charge in [-0.15, -0.1) is 0 Å². The van der Waals surface area contributed by atoms with E-state index in [0.29, 0.717) is 0 Å². The SMILES string of the molecule is O=[Si]([O-])[O-].[Pb+2]. The second kappa shape index (κ2) is 4.54. The first-order chi connectivity index (χ1) is 1.73. The van der Waals surface area contributed by atoms with Crippen LogP contribution in [0.2, 0.25) is 0 Å². The second-order valence-corrected chi connectivity index (χ2v) is 0.750. The summed E-state index contributed by atoms with van der Waals surface area (Å²) in [5, 5.41) is 0. The summed E-state index contributed by atoms with van der Waals surface area (Å²) in [5.74, 6) is 0. The molecule has 0 aliphatic heterocycles. The van der Waals surface area contributed by atoms with E-state index in [0.717, 1.165) is 0 Å². The molecule has 0 saturated carbocycles. The topological polar surface area (TPSA) is 63.2 Å². The van der Waals surface area contributed by atoms with Crippen molar-refractivity contribution in [2.24, 2.45) is 0 Å². The Kier molecular flexibility index (Phi) is 8.27. The van der Waals surface area contributed by atoms with Crippen molar-refractivity contribution in [3.8, 4) is 0 Å². The molecule has 0 saturated heterocycles. The first kappa shape index (κ1) is 9.11. The molecular formula is O3PbSi. The van der Waals surface area contributed by atoms with E-state index in [2.05, 4.69) is 0 Å². The summed E-state index contributed by atoms with van der Waals surface area (Å²) in [6.45, 7) is 0. The minimum Gasteiger partial charge on any atom is -0.672 e. The Morgan fingerprint density at radius 3 is 1.40 bits per heavy atom. The fraction of sp³-hybridized carbons (Fsp3) is 0. The van der Waals surface area contributed by atoms with Gasteiger partial charge in [-0.25, -0.2) is 0 Å². The van der Waals surface area contributed by atoms with Crippen molar-refractivity contribution in [1.29, 1.82) is 0 Å². The van der Waals surface area contributed by atoms with Gasteiger partial charge in [0.1, 0.15) is 0 Å². The van der Waals surface area contributed by atoms with E-state index >= 15 is 0 Å². The second-order valence-electron chi connectivity index (χ2n) is 0.250. The Labute approximate surface area is 50.7 Å². The van der Waals surface area contributed by atoms with Crippen LogP contribution in [-0.2, 0) is 4.46 Å². The molecule has 0 aromatic heterocycles. The van der Waals surface area contributed by atoms with Gasteiger partial charge in [-0.2, -0.15) is 0 Å². The van der Waals surface area contributed by atoms with Gasteiger partial charge in [0.15, 0.2) is 0 Å². The average molecular weight is 283 g/mol. The molecule has 0 N–H and O–H groups in total. The average Bonchev–Trinajstić information content (AvgIpc) is 0.811. The van der Waals surface area contributed by atoms with Crippen LogP contribution < -0.4 is 9.59 Å². The van der Waals surface area contributed by atoms with E-state index in [1.807, 2.05) is 0 Å². The normalized spacial score (nSPS) is 4.80. The zero-order chi connectivity index (χ0) is 3.58. The van der Waals surface area contributed by atoms with E-state index in [1.165, 1.54) is 0 Å². The maximum absolute atomic E-state index is 8.52. The van der Waals surface area contributed by atoms with Gasteiger partial charge in [-0.05, 0) is 0 Å². The summed E-state index contributed by atoms with van der Waals surface area (Å²) in [6, 6.07) is 0. The van der Waals surface area contributed by atoms with Crippen molar-refractivity contribution in [1.82, 2.24) is 0 Å². The Hall–Kier alpha value is 0.539. The van der Waals surface area contributed by atoms with Gasteiger partial charge in [0.05, 0.1) is 0 Å². The molecule has 5 heteroatoms. The molecule has 0 aromatic rings. The van der Waals surface area contributed by atoms with Crippen molar-refractivity contribution in [3.05, 3.63) is 0 Å². The van der Waals surface area contributed by atoms with Gasteiger partial charge < -0.3 is 14.1 Å². The van der Waals surface area contributed by atoms with Crippen molar-refractivity contribution < 1.29 is 14.1 Å². The summed E-state index contributed by atoms with van der Waals surface area (Å²) in [5.41, 5.74) is 0. The zero-order valence-electron chi connectivity index (χ0n) is 2.22. The molecule has 5 heavy (non-hydrogen) atoms. The van der Waals surface area contributed by atoms with Crippen molar-refractivity contribution >= 4 is 36.5 Å². The van der Waals surface area contributed by atoms with Crippen LogP contribution in [-0.4, -0.2) is 36.5 Å². The van der Waals surface area contributed by atoms with Crippen LogP contribution in [0.1, 0.15) is 0 Å². The molecule has 0 fully saturated rings. The summed E-state index contributed by atoms with van der Waals surface area (Å²) >= 11 is 0. The number of hydrogen-bond donors (Lipinski definition) is 0. The van der Waals surface area contributed by atoms with Crippen LogP contribution in [0.4, 0.5) is 0 Å². The van der Waals surface area contributed by atoms with Gasteiger partial charge in [0.25, 0.3) is 0 Å². The molecule has 0 amide bonds. The Bertz CT molecular complexity index is 29.9. The molecule has 0 aliphatic carbocycles. The van der Waals surface area contributed by atoms with E-state index in [-0.39, 0.29) is 27.3 Å². The van der Waals surface area contributed by atoms with Crippen LogP contribution in [0.5, 0.6) is 0 Å². The molecule has 2 radical (unpaired) electrons. The fourth-order valence-corrected chi connectivity index (χ4v) is 0. The predicted molar refractivity (Wildman–Crippen MR) is 12.2 cm³/mol. The summed E-state index contributed by atoms with van der Waals surface area (Å²) in [4.78, 5) is 17.0. The minimum absolute atomic E-state index is 0. The zero-order valence-corrected chi connectivity index (χ0v) is 7.11. The van der Waals surface area contributed by atoms with Gasteiger partial charge in [-0.3, -0.25) is 0 Å². The molecule has 26 valence electrons. The van der Waals surface area contributed by atoms with Crippen LogP contribution in [0, 0.1) is 0 Å². The van der Waals surface area contributed by atoms with Crippen molar-refractivity contribution in [2.45, 2.75) is 0 Å². The molecule has 0 aromatic carbocycles. The molecule has 0 heterocycles. The molecule has 0 unspecified atom stereocenters. The van der Waals surface area contributed by atoms with E-state index < -0.39 is 9.17 Å². The fourth-order valence-electron chi connectivity index (χ4n) is 0. The summed E-state index contributed by atoms with van der Waals surface area (Å²) in [6.07, 6.45) is 0.